The van der Waals surface area contributed by atoms with E-state index in [9.17, 15) is 19.2 Å². The zero-order chi connectivity index (χ0) is 28.7. The molecular formula is C26H47N3O9. The Kier molecular flexibility index (Phi) is 15.2. The highest BCUT2D eigenvalue weighted by Gasteiger charge is 2.42. The molecule has 0 aromatic carbocycles. The fraction of sp³-hybridized carbons (Fsp3) is 0.846. The maximum Gasteiger partial charge on any atom is 0.407 e. The van der Waals surface area contributed by atoms with Crippen LogP contribution in [0, 0.1) is 11.8 Å². The van der Waals surface area contributed by atoms with Gasteiger partial charge in [0.1, 0.15) is 12.2 Å². The van der Waals surface area contributed by atoms with Crippen LogP contribution in [0.25, 0.3) is 0 Å². The molecule has 0 bridgehead atoms. The Morgan fingerprint density at radius 2 is 1.55 bits per heavy atom. The van der Waals surface area contributed by atoms with Gasteiger partial charge in [-0.2, -0.15) is 0 Å². The van der Waals surface area contributed by atoms with Crippen LogP contribution in [0.2, 0.25) is 0 Å². The minimum absolute atomic E-state index is 0.0240. The summed E-state index contributed by atoms with van der Waals surface area (Å²) in [5.41, 5.74) is -0.530. The van der Waals surface area contributed by atoms with Crippen LogP contribution in [0.1, 0.15) is 67.7 Å². The van der Waals surface area contributed by atoms with Crippen LogP contribution in [0.3, 0.4) is 0 Å². The highest BCUT2D eigenvalue weighted by atomic mass is 16.7. The summed E-state index contributed by atoms with van der Waals surface area (Å²) < 4.78 is 27.7. The van der Waals surface area contributed by atoms with Gasteiger partial charge in [-0.25, -0.2) is 4.79 Å². The van der Waals surface area contributed by atoms with Gasteiger partial charge in [0, 0.05) is 33.4 Å². The smallest absolute Gasteiger partial charge is 0.407 e. The molecule has 12 nitrogen and oxygen atoms in total. The second kappa shape index (κ2) is 17.2. The largest absolute Gasteiger partial charge is 0.463 e. The van der Waals surface area contributed by atoms with E-state index >= 15 is 0 Å². The highest BCUT2D eigenvalue weighted by molar-refractivity contribution is 5.75. The van der Waals surface area contributed by atoms with Crippen LogP contribution >= 0.6 is 0 Å². The van der Waals surface area contributed by atoms with Gasteiger partial charge in [0.2, 0.25) is 11.8 Å². The van der Waals surface area contributed by atoms with E-state index in [1.807, 2.05) is 13.8 Å². The van der Waals surface area contributed by atoms with E-state index < -0.39 is 18.0 Å². The number of unbranched alkanes of at least 4 members (excludes halogenated alkanes) is 1. The number of hydrogen-bond donors (Lipinski definition) is 3. The molecule has 0 aromatic heterocycles. The lowest BCUT2D eigenvalue weighted by Crippen LogP contribution is -2.58. The van der Waals surface area contributed by atoms with Crippen molar-refractivity contribution in [2.24, 2.45) is 11.8 Å². The molecule has 2 unspecified atom stereocenters. The van der Waals surface area contributed by atoms with Crippen molar-refractivity contribution >= 4 is 23.9 Å². The Balaban J connectivity index is 2.24. The second-order valence-electron chi connectivity index (χ2n) is 10.5. The summed E-state index contributed by atoms with van der Waals surface area (Å²) >= 11 is 0. The Labute approximate surface area is 226 Å². The summed E-state index contributed by atoms with van der Waals surface area (Å²) in [4.78, 5) is 46.5. The third kappa shape index (κ3) is 14.5. The first-order valence-electron chi connectivity index (χ1n) is 13.3. The van der Waals surface area contributed by atoms with E-state index in [-0.39, 0.29) is 74.6 Å². The van der Waals surface area contributed by atoms with Crippen LogP contribution < -0.4 is 16.0 Å². The number of esters is 1. The van der Waals surface area contributed by atoms with Gasteiger partial charge in [-0.15, -0.1) is 0 Å². The Morgan fingerprint density at radius 1 is 0.895 bits per heavy atom. The van der Waals surface area contributed by atoms with Crippen molar-refractivity contribution in [2.75, 3.05) is 39.5 Å². The first-order chi connectivity index (χ1) is 17.8. The molecule has 1 saturated heterocycles. The molecule has 5 atom stereocenters. The van der Waals surface area contributed by atoms with Crippen molar-refractivity contribution in [1.82, 2.24) is 16.0 Å². The number of hydrogen-bond acceptors (Lipinski definition) is 9. The van der Waals surface area contributed by atoms with Crippen molar-refractivity contribution in [1.29, 1.82) is 0 Å². The predicted molar refractivity (Wildman–Crippen MR) is 139 cm³/mol. The number of alkyl carbamates (subject to hydrolysis) is 1. The van der Waals surface area contributed by atoms with Gasteiger partial charge in [0.05, 0.1) is 32.0 Å². The molecule has 1 rings (SSSR count). The third-order valence-corrected chi connectivity index (χ3v) is 5.98. The minimum atomic E-state index is -0.720. The van der Waals surface area contributed by atoms with Crippen molar-refractivity contribution < 1.29 is 42.9 Å². The molecule has 3 amide bonds. The number of amides is 3. The number of carbonyl (C=O) groups excluding carboxylic acids is 4. The van der Waals surface area contributed by atoms with Crippen molar-refractivity contribution in [3.05, 3.63) is 0 Å². The molecule has 1 aliphatic rings. The predicted octanol–water partition coefficient (Wildman–Crippen LogP) is 1.90. The van der Waals surface area contributed by atoms with Crippen LogP contribution in [0.5, 0.6) is 0 Å². The highest BCUT2D eigenvalue weighted by Crippen LogP contribution is 2.31. The van der Waals surface area contributed by atoms with Gasteiger partial charge in [-0.3, -0.25) is 14.4 Å². The fourth-order valence-electron chi connectivity index (χ4n) is 3.82. The molecule has 0 saturated carbocycles. The zero-order valence-electron chi connectivity index (χ0n) is 23.9. The van der Waals surface area contributed by atoms with E-state index in [2.05, 4.69) is 16.0 Å². The lowest BCUT2D eigenvalue weighted by atomic mass is 9.82. The number of ether oxygens (including phenoxy) is 5. The van der Waals surface area contributed by atoms with Crippen molar-refractivity contribution in [3.63, 3.8) is 0 Å². The molecular weight excluding hydrogens is 498 g/mol. The lowest BCUT2D eigenvalue weighted by Gasteiger charge is -2.44. The first-order valence-corrected chi connectivity index (χ1v) is 13.3. The van der Waals surface area contributed by atoms with E-state index in [4.69, 9.17) is 23.7 Å². The number of nitrogens with one attached hydrogen (secondary N) is 3. The average molecular weight is 546 g/mol. The topological polar surface area (TPSA) is 151 Å². The first kappa shape index (κ1) is 33.6. The molecule has 0 radical (unpaired) electrons. The molecule has 3 N–H and O–H groups in total. The molecule has 0 spiro atoms. The van der Waals surface area contributed by atoms with E-state index in [0.29, 0.717) is 13.1 Å². The standard InChI is InChI=1S/C26H47N3O9/c1-17-18(2)23(29-19(3)30)24(37-21(17)16-36-20(4)31)35-15-14-34-13-10-22(32)27-11-8-9-12-28-25(33)38-26(5,6)7/h17-18,21,23-24H,8-16H2,1-7H3,(H,27,32)(H,28,33)(H,29,30)/t17-,18+,21?,23?,24-/m1/s1. The second-order valence-corrected chi connectivity index (χ2v) is 10.5. The summed E-state index contributed by atoms with van der Waals surface area (Å²) in [5.74, 6) is -0.643. The van der Waals surface area contributed by atoms with Crippen LogP contribution in [0.15, 0.2) is 0 Å². The van der Waals surface area contributed by atoms with Crippen molar-refractivity contribution in [3.8, 4) is 0 Å². The number of carbonyl (C=O) groups is 4. The molecule has 38 heavy (non-hydrogen) atoms. The summed E-state index contributed by atoms with van der Waals surface area (Å²) in [5, 5.41) is 8.39. The SMILES string of the molecule is CC(=O)NC1[C@H](OCCOCCC(=O)NCCCCNC(=O)OC(C)(C)C)OC(COC(C)=O)[C@H](C)[C@@H]1C. The van der Waals surface area contributed by atoms with E-state index in [0.717, 1.165) is 12.8 Å². The molecule has 0 aliphatic carbocycles. The molecule has 0 aromatic rings. The molecule has 12 heteroatoms. The summed E-state index contributed by atoms with van der Waals surface area (Å²) in [6, 6.07) is -0.360. The van der Waals surface area contributed by atoms with Gasteiger partial charge >= 0.3 is 12.1 Å². The van der Waals surface area contributed by atoms with E-state index in [1.54, 1.807) is 20.8 Å². The Hall–Kier alpha value is -2.44. The Morgan fingerprint density at radius 3 is 2.16 bits per heavy atom. The van der Waals surface area contributed by atoms with Gasteiger partial charge < -0.3 is 39.6 Å². The Bertz CT molecular complexity index is 755. The van der Waals surface area contributed by atoms with Crippen LogP contribution in [0.4, 0.5) is 4.79 Å². The normalized spacial score (nSPS) is 23.3. The quantitative estimate of drug-likeness (QED) is 0.207. The maximum absolute atomic E-state index is 12.0. The summed E-state index contributed by atoms with van der Waals surface area (Å²) in [6.07, 6.45) is 0.125. The zero-order valence-corrected chi connectivity index (χ0v) is 23.9. The van der Waals surface area contributed by atoms with Gasteiger partial charge in [0.15, 0.2) is 6.29 Å². The molecule has 1 fully saturated rings. The summed E-state index contributed by atoms with van der Waals surface area (Å²) in [7, 11) is 0. The minimum Gasteiger partial charge on any atom is -0.463 e. The van der Waals surface area contributed by atoms with Gasteiger partial charge in [0.25, 0.3) is 0 Å². The monoisotopic (exact) mass is 545 g/mol. The van der Waals surface area contributed by atoms with Crippen LogP contribution in [-0.4, -0.2) is 87.4 Å². The van der Waals surface area contributed by atoms with E-state index in [1.165, 1.54) is 13.8 Å². The lowest BCUT2D eigenvalue weighted by molar-refractivity contribution is -0.246. The van der Waals surface area contributed by atoms with Crippen molar-refractivity contribution in [2.45, 2.75) is 91.8 Å². The summed E-state index contributed by atoms with van der Waals surface area (Å²) in [6.45, 7) is 14.0. The average Bonchev–Trinajstić information content (AvgIpc) is 2.80. The molecule has 220 valence electrons. The van der Waals surface area contributed by atoms with Crippen LogP contribution in [-0.2, 0) is 38.1 Å². The fourth-order valence-corrected chi connectivity index (χ4v) is 3.82. The molecule has 1 aliphatic heterocycles. The maximum atomic E-state index is 12.0. The van der Waals surface area contributed by atoms with Gasteiger partial charge in [-0.1, -0.05) is 13.8 Å². The molecule has 1 heterocycles. The van der Waals surface area contributed by atoms with Gasteiger partial charge in [-0.05, 0) is 45.4 Å². The third-order valence-electron chi connectivity index (χ3n) is 5.98. The number of rotatable bonds is 15.